The molecule has 9 aromatic rings. The van der Waals surface area contributed by atoms with Crippen molar-refractivity contribution in [3.8, 4) is 56.2 Å². The van der Waals surface area contributed by atoms with Gasteiger partial charge in [-0.2, -0.15) is 0 Å². The average Bonchev–Trinajstić information content (AvgIpc) is 3.54. The van der Waals surface area contributed by atoms with E-state index in [0.29, 0.717) is 0 Å². The van der Waals surface area contributed by atoms with Crippen LogP contribution in [-0.4, -0.2) is 9.97 Å². The maximum absolute atomic E-state index is 5.07. The molecule has 0 radical (unpaired) electrons. The minimum atomic E-state index is -0.407. The van der Waals surface area contributed by atoms with Gasteiger partial charge in [0.2, 0.25) is 0 Å². The maximum atomic E-state index is 5.07. The lowest BCUT2D eigenvalue weighted by Crippen LogP contribution is -2.32. The van der Waals surface area contributed by atoms with Gasteiger partial charge in [-0.3, -0.25) is 0 Å². The van der Waals surface area contributed by atoms with Gasteiger partial charge in [-0.05, 0) is 67.4 Å². The van der Waals surface area contributed by atoms with Crippen molar-refractivity contribution in [3.05, 3.63) is 216 Å². The molecular weight excluding hydrogens is 673 g/mol. The molecule has 2 aliphatic rings. The van der Waals surface area contributed by atoms with Crippen molar-refractivity contribution in [1.29, 1.82) is 0 Å². The van der Waals surface area contributed by atoms with Crippen LogP contribution in [0.3, 0.4) is 0 Å². The zero-order valence-electron chi connectivity index (χ0n) is 29.3. The quantitative estimate of drug-likeness (QED) is 0.182. The summed E-state index contributed by atoms with van der Waals surface area (Å²) in [6, 6.07) is 70.2. The van der Waals surface area contributed by atoms with E-state index >= 15 is 0 Å². The molecule has 0 N–H and O–H groups in total. The molecule has 252 valence electrons. The number of aromatic nitrogens is 2. The average molecular weight is 705 g/mol. The molecule has 0 fully saturated rings. The minimum Gasteiger partial charge on any atom is -0.228 e. The molecule has 0 saturated carbocycles. The van der Waals surface area contributed by atoms with E-state index in [1.807, 2.05) is 36.0 Å². The molecule has 0 amide bonds. The first-order valence-corrected chi connectivity index (χ1v) is 19.2. The highest BCUT2D eigenvalue weighted by Gasteiger charge is 2.50. The third-order valence-electron chi connectivity index (χ3n) is 11.2. The van der Waals surface area contributed by atoms with Gasteiger partial charge >= 0.3 is 0 Å². The van der Waals surface area contributed by atoms with Crippen LogP contribution in [0.4, 0.5) is 0 Å². The summed E-state index contributed by atoms with van der Waals surface area (Å²) >= 11 is 1.91. The van der Waals surface area contributed by atoms with Crippen LogP contribution in [0.5, 0.6) is 0 Å². The van der Waals surface area contributed by atoms with E-state index in [0.717, 1.165) is 33.9 Å². The predicted octanol–water partition coefficient (Wildman–Crippen LogP) is 13.1. The van der Waals surface area contributed by atoms with Crippen molar-refractivity contribution in [1.82, 2.24) is 9.97 Å². The summed E-state index contributed by atoms with van der Waals surface area (Å²) in [5.74, 6) is 0.722. The van der Waals surface area contributed by atoms with Gasteiger partial charge < -0.3 is 0 Å². The Morgan fingerprint density at radius 2 is 0.907 bits per heavy atom. The summed E-state index contributed by atoms with van der Waals surface area (Å²) in [5.41, 5.74) is 15.0. The fourth-order valence-corrected chi connectivity index (χ4v) is 10.1. The molecule has 8 aromatic carbocycles. The van der Waals surface area contributed by atoms with Crippen molar-refractivity contribution in [2.75, 3.05) is 0 Å². The van der Waals surface area contributed by atoms with Crippen LogP contribution in [0, 0.1) is 0 Å². The van der Waals surface area contributed by atoms with Gasteiger partial charge in [-0.1, -0.05) is 194 Å². The van der Waals surface area contributed by atoms with E-state index in [1.165, 1.54) is 65.1 Å². The van der Waals surface area contributed by atoms with E-state index < -0.39 is 5.41 Å². The van der Waals surface area contributed by atoms with Crippen LogP contribution in [0.1, 0.15) is 22.3 Å². The second kappa shape index (κ2) is 12.3. The second-order valence-electron chi connectivity index (χ2n) is 14.1. The number of benzene rings is 8. The van der Waals surface area contributed by atoms with Crippen molar-refractivity contribution in [3.63, 3.8) is 0 Å². The Morgan fingerprint density at radius 1 is 0.370 bits per heavy atom. The Morgan fingerprint density at radius 3 is 1.61 bits per heavy atom. The van der Waals surface area contributed by atoms with Gasteiger partial charge in [0.15, 0.2) is 5.82 Å². The Balaban J connectivity index is 1.05. The lowest BCUT2D eigenvalue weighted by Gasteiger charge is -2.40. The molecule has 11 rings (SSSR count). The molecule has 3 heteroatoms. The first-order chi connectivity index (χ1) is 26.8. The molecule has 1 spiro atoms. The molecular formula is C51H32N2S. The number of nitrogens with zero attached hydrogens (tertiary/aromatic N) is 2. The SMILES string of the molecule is c1ccc(-c2cc(-c3ccc(-c4ccc5c(c4)Sc4c(ccc6ccccc46)C54c5ccccc5-c5ccccc54)cc3)nc(-c3ccccc3)n2)cc1. The van der Waals surface area contributed by atoms with E-state index in [9.17, 15) is 0 Å². The normalized spacial score (nSPS) is 13.3. The number of rotatable bonds is 4. The van der Waals surface area contributed by atoms with Gasteiger partial charge in [0.05, 0.1) is 16.8 Å². The van der Waals surface area contributed by atoms with Gasteiger partial charge in [0, 0.05) is 26.5 Å². The summed E-state index contributed by atoms with van der Waals surface area (Å²) in [7, 11) is 0. The highest BCUT2D eigenvalue weighted by Crippen LogP contribution is 2.63. The molecule has 2 nitrogen and oxygen atoms in total. The molecule has 54 heavy (non-hydrogen) atoms. The second-order valence-corrected chi connectivity index (χ2v) is 15.1. The molecule has 1 aliphatic carbocycles. The summed E-state index contributed by atoms with van der Waals surface area (Å²) in [6.45, 7) is 0. The van der Waals surface area contributed by atoms with Crippen molar-refractivity contribution in [2.45, 2.75) is 15.2 Å². The molecule has 0 bridgehead atoms. The fraction of sp³-hybridized carbons (Fsp3) is 0.0196. The Kier molecular flexibility index (Phi) is 7.05. The van der Waals surface area contributed by atoms with Crippen molar-refractivity contribution < 1.29 is 0 Å². The van der Waals surface area contributed by atoms with Crippen molar-refractivity contribution in [2.24, 2.45) is 0 Å². The Labute approximate surface area is 318 Å². The predicted molar refractivity (Wildman–Crippen MR) is 223 cm³/mol. The van der Waals surface area contributed by atoms with Crippen LogP contribution >= 0.6 is 11.8 Å². The lowest BCUT2D eigenvalue weighted by molar-refractivity contribution is 0.726. The topological polar surface area (TPSA) is 25.8 Å². The molecule has 2 heterocycles. The third-order valence-corrected chi connectivity index (χ3v) is 12.4. The highest BCUT2D eigenvalue weighted by molar-refractivity contribution is 7.99. The molecule has 0 atom stereocenters. The van der Waals surface area contributed by atoms with E-state index in [1.54, 1.807) is 0 Å². The zero-order valence-corrected chi connectivity index (χ0v) is 30.1. The summed E-state index contributed by atoms with van der Waals surface area (Å²) < 4.78 is 0. The van der Waals surface area contributed by atoms with Gasteiger partial charge in [-0.15, -0.1) is 0 Å². The number of hydrogen-bond acceptors (Lipinski definition) is 3. The van der Waals surface area contributed by atoms with E-state index in [2.05, 4.69) is 170 Å². The van der Waals surface area contributed by atoms with Gasteiger partial charge in [0.25, 0.3) is 0 Å². The Bertz CT molecular complexity index is 2790. The number of fused-ring (bicyclic) bond motifs is 11. The minimum absolute atomic E-state index is 0.407. The van der Waals surface area contributed by atoms with Crippen LogP contribution in [0.15, 0.2) is 204 Å². The fourth-order valence-electron chi connectivity index (χ4n) is 8.72. The molecule has 1 aromatic heterocycles. The monoisotopic (exact) mass is 704 g/mol. The lowest BCUT2D eigenvalue weighted by atomic mass is 9.67. The Hall–Kier alpha value is -6.55. The van der Waals surface area contributed by atoms with Gasteiger partial charge in [-0.25, -0.2) is 9.97 Å². The summed E-state index contributed by atoms with van der Waals surface area (Å²) in [6.07, 6.45) is 0. The maximum Gasteiger partial charge on any atom is 0.160 e. The molecule has 0 saturated heterocycles. The van der Waals surface area contributed by atoms with E-state index in [4.69, 9.17) is 9.97 Å². The number of hydrogen-bond donors (Lipinski definition) is 0. The highest BCUT2D eigenvalue weighted by atomic mass is 32.2. The largest absolute Gasteiger partial charge is 0.228 e. The smallest absolute Gasteiger partial charge is 0.160 e. The van der Waals surface area contributed by atoms with E-state index in [-0.39, 0.29) is 0 Å². The van der Waals surface area contributed by atoms with Crippen LogP contribution in [-0.2, 0) is 5.41 Å². The first-order valence-electron chi connectivity index (χ1n) is 18.4. The zero-order chi connectivity index (χ0) is 35.6. The van der Waals surface area contributed by atoms with Gasteiger partial charge in [0.1, 0.15) is 0 Å². The standard InChI is InChI=1S/C51H32N2S/c1-3-14-35(15-4-1)46-32-47(53-50(52-46)37-16-5-2-6-17-37)36-25-23-33(24-26-36)38-28-29-44-48(31-38)54-49-39-18-8-7-13-34(39)27-30-45(49)51(44)42-21-11-9-19-40(42)41-20-10-12-22-43(41)51/h1-32H. The summed E-state index contributed by atoms with van der Waals surface area (Å²) in [4.78, 5) is 12.7. The van der Waals surface area contributed by atoms with Crippen LogP contribution in [0.25, 0.3) is 66.9 Å². The first kappa shape index (κ1) is 31.0. The molecule has 0 unspecified atom stereocenters. The van der Waals surface area contributed by atoms with Crippen LogP contribution in [0.2, 0.25) is 0 Å². The molecule has 1 aliphatic heterocycles. The van der Waals surface area contributed by atoms with Crippen LogP contribution < -0.4 is 0 Å². The summed E-state index contributed by atoms with van der Waals surface area (Å²) in [5, 5.41) is 2.57. The van der Waals surface area contributed by atoms with Crippen molar-refractivity contribution >= 4 is 22.5 Å². The third kappa shape index (κ3) is 4.68.